The minimum atomic E-state index is -0.838. The van der Waals surface area contributed by atoms with Gasteiger partial charge in [0.2, 0.25) is 0 Å². The average molecular weight is 540 g/mol. The van der Waals surface area contributed by atoms with Crippen LogP contribution in [0.15, 0.2) is 66.2 Å². The number of nitro groups is 1. The number of amides is 2. The summed E-state index contributed by atoms with van der Waals surface area (Å²) in [6.07, 6.45) is 1.03. The number of hydrogen-bond acceptors (Lipinski definition) is 8. The number of para-hydroxylation sites is 1. The SMILES string of the molecule is COc1cc([N+](=O)[O-])c(/C=C2\C(=O)NC(=S)N(c3ccc(Oc4ccccc4)cc3)C2=O)c(Cl)c1OC. The maximum Gasteiger partial charge on any atom is 0.282 e. The van der Waals surface area contributed by atoms with E-state index in [2.05, 4.69) is 5.32 Å². The molecule has 0 bridgehead atoms. The number of carbonyl (C=O) groups excluding carboxylic acids is 2. The summed E-state index contributed by atoms with van der Waals surface area (Å²) in [7, 11) is 2.60. The number of carbonyl (C=O) groups is 2. The summed E-state index contributed by atoms with van der Waals surface area (Å²) in [5.74, 6) is -0.474. The Kier molecular flexibility index (Phi) is 7.37. The summed E-state index contributed by atoms with van der Waals surface area (Å²) in [5, 5.41) is 13.8. The minimum absolute atomic E-state index is 0.00617. The molecule has 1 saturated heterocycles. The predicted molar refractivity (Wildman–Crippen MR) is 140 cm³/mol. The van der Waals surface area contributed by atoms with Gasteiger partial charge in [-0.05, 0) is 54.7 Å². The predicted octanol–water partition coefficient (Wildman–Crippen LogP) is 4.89. The summed E-state index contributed by atoms with van der Waals surface area (Å²) >= 11 is 11.6. The molecule has 1 fully saturated rings. The van der Waals surface area contributed by atoms with Gasteiger partial charge in [0.15, 0.2) is 16.6 Å². The topological polar surface area (TPSA) is 120 Å². The van der Waals surface area contributed by atoms with Crippen LogP contribution < -0.4 is 24.4 Å². The van der Waals surface area contributed by atoms with E-state index in [-0.39, 0.29) is 27.2 Å². The molecular weight excluding hydrogens is 522 g/mol. The molecule has 0 atom stereocenters. The van der Waals surface area contributed by atoms with Gasteiger partial charge in [-0.25, -0.2) is 0 Å². The van der Waals surface area contributed by atoms with Gasteiger partial charge in [0.05, 0.1) is 36.5 Å². The summed E-state index contributed by atoms with van der Waals surface area (Å²) in [4.78, 5) is 38.3. The van der Waals surface area contributed by atoms with E-state index < -0.39 is 28.0 Å². The number of rotatable bonds is 7. The molecule has 12 heteroatoms. The summed E-state index contributed by atoms with van der Waals surface area (Å²) in [6, 6.07) is 16.7. The lowest BCUT2D eigenvalue weighted by atomic mass is 10.0. The molecule has 4 rings (SSSR count). The number of methoxy groups -OCH3 is 2. The molecule has 3 aromatic rings. The highest BCUT2D eigenvalue weighted by atomic mass is 35.5. The van der Waals surface area contributed by atoms with E-state index >= 15 is 0 Å². The van der Waals surface area contributed by atoms with Crippen LogP contribution in [0.4, 0.5) is 11.4 Å². The molecule has 2 amide bonds. The van der Waals surface area contributed by atoms with Gasteiger partial charge in [-0.2, -0.15) is 0 Å². The number of nitrogens with zero attached hydrogens (tertiary/aromatic N) is 2. The molecule has 1 aliphatic rings. The lowest BCUT2D eigenvalue weighted by Gasteiger charge is -2.29. The lowest BCUT2D eigenvalue weighted by Crippen LogP contribution is -2.54. The molecule has 1 aliphatic heterocycles. The van der Waals surface area contributed by atoms with Crippen LogP contribution in [-0.2, 0) is 9.59 Å². The third kappa shape index (κ3) is 5.08. The lowest BCUT2D eigenvalue weighted by molar-refractivity contribution is -0.385. The smallest absolute Gasteiger partial charge is 0.282 e. The highest BCUT2D eigenvalue weighted by molar-refractivity contribution is 7.80. The second-order valence-corrected chi connectivity index (χ2v) is 8.25. The number of nitro benzene ring substituents is 1. The third-order valence-electron chi connectivity index (χ3n) is 5.29. The highest BCUT2D eigenvalue weighted by Crippen LogP contribution is 2.43. The van der Waals surface area contributed by atoms with Crippen LogP contribution in [-0.4, -0.2) is 36.1 Å². The number of ether oxygens (including phenoxy) is 3. The summed E-state index contributed by atoms with van der Waals surface area (Å²) in [6.45, 7) is 0. The van der Waals surface area contributed by atoms with Crippen molar-refractivity contribution in [2.45, 2.75) is 0 Å². The Morgan fingerprint density at radius 2 is 1.68 bits per heavy atom. The van der Waals surface area contributed by atoms with E-state index in [1.165, 1.54) is 14.2 Å². The Hall–Kier alpha value is -4.48. The second kappa shape index (κ2) is 10.6. The number of benzene rings is 3. The zero-order valence-electron chi connectivity index (χ0n) is 19.4. The Morgan fingerprint density at radius 3 is 2.27 bits per heavy atom. The number of thiocarbonyl (C=S) groups is 1. The van der Waals surface area contributed by atoms with E-state index in [0.717, 1.165) is 17.0 Å². The molecule has 10 nitrogen and oxygen atoms in total. The number of halogens is 1. The summed E-state index contributed by atoms with van der Waals surface area (Å²) in [5.41, 5.74) is -0.773. The van der Waals surface area contributed by atoms with Gasteiger partial charge in [0, 0.05) is 0 Å². The zero-order chi connectivity index (χ0) is 26.7. The van der Waals surface area contributed by atoms with Gasteiger partial charge in [-0.3, -0.25) is 29.9 Å². The van der Waals surface area contributed by atoms with Crippen molar-refractivity contribution >= 4 is 58.2 Å². The first-order chi connectivity index (χ1) is 17.7. The first-order valence-corrected chi connectivity index (χ1v) is 11.4. The van der Waals surface area contributed by atoms with E-state index in [4.69, 9.17) is 38.0 Å². The Bertz CT molecular complexity index is 1440. The number of nitrogens with one attached hydrogen (secondary N) is 1. The molecule has 0 radical (unpaired) electrons. The largest absolute Gasteiger partial charge is 0.493 e. The van der Waals surface area contributed by atoms with Gasteiger partial charge in [0.1, 0.15) is 22.1 Å². The van der Waals surface area contributed by atoms with Crippen molar-refractivity contribution in [1.82, 2.24) is 5.32 Å². The van der Waals surface area contributed by atoms with Crippen molar-refractivity contribution in [3.63, 3.8) is 0 Å². The molecule has 3 aromatic carbocycles. The van der Waals surface area contributed by atoms with Crippen LogP contribution in [0.5, 0.6) is 23.0 Å². The van der Waals surface area contributed by atoms with E-state index in [0.29, 0.717) is 17.2 Å². The average Bonchev–Trinajstić information content (AvgIpc) is 2.88. The maximum atomic E-state index is 13.4. The van der Waals surface area contributed by atoms with E-state index in [1.54, 1.807) is 36.4 Å². The molecule has 0 aromatic heterocycles. The standard InChI is InChI=1S/C25H18ClN3O7S/c1-34-20-13-19(29(32)33)17(21(26)22(20)35-2)12-18-23(30)27-25(37)28(24(18)31)14-8-10-16(11-9-14)36-15-6-4-3-5-7-15/h3-13H,1-2H3,(H,27,30,37)/b18-12+. The second-order valence-electron chi connectivity index (χ2n) is 7.48. The molecule has 1 N–H and O–H groups in total. The Morgan fingerprint density at radius 1 is 1.03 bits per heavy atom. The van der Waals surface area contributed by atoms with Gasteiger partial charge < -0.3 is 14.2 Å². The number of anilines is 1. The first kappa shape index (κ1) is 25.6. The molecule has 0 saturated carbocycles. The van der Waals surface area contributed by atoms with Crippen LogP contribution in [0.2, 0.25) is 5.02 Å². The molecule has 188 valence electrons. The van der Waals surface area contributed by atoms with Gasteiger partial charge in [-0.15, -0.1) is 0 Å². The normalized spacial score (nSPS) is 14.4. The van der Waals surface area contributed by atoms with E-state index in [1.807, 2.05) is 18.2 Å². The molecule has 37 heavy (non-hydrogen) atoms. The fourth-order valence-electron chi connectivity index (χ4n) is 3.56. The maximum absolute atomic E-state index is 13.4. The van der Waals surface area contributed by atoms with Gasteiger partial charge in [-0.1, -0.05) is 29.8 Å². The molecule has 0 aliphatic carbocycles. The Balaban J connectivity index is 1.72. The minimum Gasteiger partial charge on any atom is -0.493 e. The van der Waals surface area contributed by atoms with Gasteiger partial charge in [0.25, 0.3) is 17.5 Å². The van der Waals surface area contributed by atoms with Crippen LogP contribution in [0.1, 0.15) is 5.56 Å². The van der Waals surface area contributed by atoms with Crippen molar-refractivity contribution in [2.75, 3.05) is 19.1 Å². The molecule has 1 heterocycles. The van der Waals surface area contributed by atoms with Crippen molar-refractivity contribution in [1.29, 1.82) is 0 Å². The van der Waals surface area contributed by atoms with Crippen LogP contribution in [0.3, 0.4) is 0 Å². The fourth-order valence-corrected chi connectivity index (χ4v) is 4.17. The Labute approximate surface area is 221 Å². The molecule has 0 spiro atoms. The van der Waals surface area contributed by atoms with Crippen molar-refractivity contribution in [2.24, 2.45) is 0 Å². The van der Waals surface area contributed by atoms with Crippen molar-refractivity contribution in [3.05, 3.63) is 86.9 Å². The van der Waals surface area contributed by atoms with Crippen molar-refractivity contribution < 1.29 is 28.7 Å². The highest BCUT2D eigenvalue weighted by Gasteiger charge is 2.36. The summed E-state index contributed by atoms with van der Waals surface area (Å²) < 4.78 is 16.1. The molecule has 0 unspecified atom stereocenters. The van der Waals surface area contributed by atoms with Gasteiger partial charge >= 0.3 is 0 Å². The van der Waals surface area contributed by atoms with Crippen LogP contribution in [0, 0.1) is 10.1 Å². The van der Waals surface area contributed by atoms with Crippen molar-refractivity contribution in [3.8, 4) is 23.0 Å². The fraction of sp³-hybridized carbons (Fsp3) is 0.0800. The van der Waals surface area contributed by atoms with Crippen LogP contribution >= 0.6 is 23.8 Å². The monoisotopic (exact) mass is 539 g/mol. The third-order valence-corrected chi connectivity index (χ3v) is 5.95. The number of hydrogen-bond donors (Lipinski definition) is 1. The molecular formula is C25H18ClN3O7S. The first-order valence-electron chi connectivity index (χ1n) is 10.6. The quantitative estimate of drug-likeness (QED) is 0.148. The zero-order valence-corrected chi connectivity index (χ0v) is 21.0. The van der Waals surface area contributed by atoms with E-state index in [9.17, 15) is 19.7 Å². The van der Waals surface area contributed by atoms with Crippen LogP contribution in [0.25, 0.3) is 6.08 Å².